The lowest BCUT2D eigenvalue weighted by Crippen LogP contribution is -2.33. The van der Waals surface area contributed by atoms with Gasteiger partial charge in [-0.3, -0.25) is 9.19 Å². The lowest BCUT2D eigenvalue weighted by molar-refractivity contribution is 0.243. The van der Waals surface area contributed by atoms with Crippen molar-refractivity contribution in [3.63, 3.8) is 0 Å². The molecular formula is C18H29N3O2S. The molecule has 0 amide bonds. The minimum atomic E-state index is -0.702. The maximum atomic E-state index is 12.1. The number of aromatic nitrogens is 2. The predicted molar refractivity (Wildman–Crippen MR) is 97.8 cm³/mol. The summed E-state index contributed by atoms with van der Waals surface area (Å²) in [5.74, 6) is 2.80. The number of hydrogen-bond donors (Lipinski definition) is 1. The van der Waals surface area contributed by atoms with Crippen molar-refractivity contribution in [2.45, 2.75) is 69.6 Å². The van der Waals surface area contributed by atoms with E-state index in [1.165, 1.54) is 25.7 Å². The smallest absolute Gasteiger partial charge is 0.234 e. The van der Waals surface area contributed by atoms with Crippen LogP contribution in [0.25, 0.3) is 0 Å². The van der Waals surface area contributed by atoms with Gasteiger partial charge in [-0.25, -0.2) is 0 Å². The minimum Gasteiger partial charge on any atom is -0.476 e. The Kier molecular flexibility index (Phi) is 6.46. The van der Waals surface area contributed by atoms with Gasteiger partial charge in [-0.1, -0.05) is 26.2 Å². The molecule has 24 heavy (non-hydrogen) atoms. The molecule has 0 aromatic carbocycles. The third-order valence-electron chi connectivity index (χ3n) is 5.19. The largest absolute Gasteiger partial charge is 0.476 e. The highest BCUT2D eigenvalue weighted by Crippen LogP contribution is 2.27. The normalized spacial score (nSPS) is 26.2. The van der Waals surface area contributed by atoms with Gasteiger partial charge in [0.05, 0.1) is 19.0 Å². The summed E-state index contributed by atoms with van der Waals surface area (Å²) in [4.78, 5) is 8.80. The Morgan fingerprint density at radius 3 is 2.83 bits per heavy atom. The molecule has 1 heterocycles. The molecule has 0 radical (unpaired) electrons. The van der Waals surface area contributed by atoms with E-state index in [9.17, 15) is 4.21 Å². The van der Waals surface area contributed by atoms with E-state index in [4.69, 9.17) is 4.74 Å². The molecule has 0 bridgehead atoms. The monoisotopic (exact) mass is 351 g/mol. The van der Waals surface area contributed by atoms with Crippen molar-refractivity contribution in [3.05, 3.63) is 12.4 Å². The van der Waals surface area contributed by atoms with Crippen LogP contribution < -0.4 is 10.1 Å². The van der Waals surface area contributed by atoms with Crippen LogP contribution in [0.3, 0.4) is 0 Å². The lowest BCUT2D eigenvalue weighted by atomic mass is 9.95. The fourth-order valence-electron chi connectivity index (χ4n) is 3.83. The van der Waals surface area contributed by atoms with Crippen molar-refractivity contribution in [1.82, 2.24) is 9.97 Å². The van der Waals surface area contributed by atoms with Gasteiger partial charge < -0.3 is 10.1 Å². The highest BCUT2D eigenvalue weighted by molar-refractivity contribution is 7.85. The summed E-state index contributed by atoms with van der Waals surface area (Å²) in [6.07, 6.45) is 12.9. The quantitative estimate of drug-likeness (QED) is 0.814. The number of anilines is 1. The number of nitrogens with one attached hydrogen (secondary N) is 1. The Bertz CT molecular complexity index is 549. The standard InChI is InChI=1S/C18H29N3O2S/c1-2-24(22)16-9-5-8-15(10-16)20-17-11-19-12-18(21-17)23-13-14-6-3-4-7-14/h11-12,14-16H,2-10,13H2,1H3,(H,20,21). The van der Waals surface area contributed by atoms with E-state index in [1.54, 1.807) is 12.4 Å². The fourth-order valence-corrected chi connectivity index (χ4v) is 5.18. The van der Waals surface area contributed by atoms with E-state index in [0.29, 0.717) is 23.1 Å². The summed E-state index contributed by atoms with van der Waals surface area (Å²) in [5, 5.41) is 3.79. The van der Waals surface area contributed by atoms with E-state index in [2.05, 4.69) is 15.3 Å². The Hall–Kier alpha value is -1.17. The predicted octanol–water partition coefficient (Wildman–Crippen LogP) is 3.54. The first-order valence-electron chi connectivity index (χ1n) is 9.33. The second-order valence-corrected chi connectivity index (χ2v) is 9.01. The first kappa shape index (κ1) is 17.6. The van der Waals surface area contributed by atoms with Crippen LogP contribution in [0.1, 0.15) is 58.3 Å². The van der Waals surface area contributed by atoms with Gasteiger partial charge in [-0.15, -0.1) is 0 Å². The maximum Gasteiger partial charge on any atom is 0.234 e. The molecule has 0 spiro atoms. The van der Waals surface area contributed by atoms with Gasteiger partial charge >= 0.3 is 0 Å². The van der Waals surface area contributed by atoms with Gasteiger partial charge in [0.25, 0.3) is 0 Å². The average Bonchev–Trinajstić information content (AvgIpc) is 3.13. The number of hydrogen-bond acceptors (Lipinski definition) is 5. The van der Waals surface area contributed by atoms with Crippen molar-refractivity contribution < 1.29 is 8.95 Å². The molecule has 0 saturated heterocycles. The van der Waals surface area contributed by atoms with Crippen molar-refractivity contribution in [2.24, 2.45) is 5.92 Å². The van der Waals surface area contributed by atoms with Crippen LogP contribution in [-0.4, -0.2) is 37.8 Å². The second-order valence-electron chi connectivity index (χ2n) is 7.00. The second kappa shape index (κ2) is 8.79. The van der Waals surface area contributed by atoms with E-state index >= 15 is 0 Å². The topological polar surface area (TPSA) is 64.1 Å². The van der Waals surface area contributed by atoms with Crippen molar-refractivity contribution in [1.29, 1.82) is 0 Å². The molecule has 1 aromatic heterocycles. The zero-order valence-corrected chi connectivity index (χ0v) is 15.4. The third kappa shape index (κ3) is 4.91. The van der Waals surface area contributed by atoms with Crippen LogP contribution in [0.15, 0.2) is 12.4 Å². The molecule has 6 heteroatoms. The molecule has 2 fully saturated rings. The Labute approximate surface area is 147 Å². The first-order chi connectivity index (χ1) is 11.7. The van der Waals surface area contributed by atoms with Gasteiger partial charge in [0, 0.05) is 27.8 Å². The molecule has 0 aliphatic heterocycles. The summed E-state index contributed by atoms with van der Waals surface area (Å²) >= 11 is 0. The Morgan fingerprint density at radius 2 is 2.04 bits per heavy atom. The fraction of sp³-hybridized carbons (Fsp3) is 0.778. The molecule has 2 aliphatic rings. The first-order valence-corrected chi connectivity index (χ1v) is 10.7. The zero-order chi connectivity index (χ0) is 16.8. The summed E-state index contributed by atoms with van der Waals surface area (Å²) in [7, 11) is -0.702. The maximum absolute atomic E-state index is 12.1. The molecular weight excluding hydrogens is 322 g/mol. The molecule has 2 aliphatic carbocycles. The SMILES string of the molecule is CCS(=O)C1CCCC(Nc2cncc(OCC3CCCC3)n2)C1. The molecule has 134 valence electrons. The van der Waals surface area contributed by atoms with Crippen LogP contribution in [0.2, 0.25) is 0 Å². The van der Waals surface area contributed by atoms with Crippen LogP contribution >= 0.6 is 0 Å². The Balaban J connectivity index is 1.52. The summed E-state index contributed by atoms with van der Waals surface area (Å²) in [5.41, 5.74) is 0. The third-order valence-corrected chi connectivity index (χ3v) is 6.93. The average molecular weight is 352 g/mol. The summed E-state index contributed by atoms with van der Waals surface area (Å²) in [6.45, 7) is 2.75. The number of rotatable bonds is 7. The zero-order valence-electron chi connectivity index (χ0n) is 14.6. The lowest BCUT2D eigenvalue weighted by Gasteiger charge is -2.29. The van der Waals surface area contributed by atoms with Crippen LogP contribution in [0.4, 0.5) is 5.82 Å². The van der Waals surface area contributed by atoms with Crippen molar-refractivity contribution >= 4 is 16.6 Å². The van der Waals surface area contributed by atoms with Crippen molar-refractivity contribution in [2.75, 3.05) is 17.7 Å². The molecule has 3 rings (SSSR count). The van der Waals surface area contributed by atoms with Gasteiger partial charge in [-0.2, -0.15) is 4.98 Å². The number of nitrogens with zero attached hydrogens (tertiary/aromatic N) is 2. The van der Waals surface area contributed by atoms with Gasteiger partial charge in [0.2, 0.25) is 5.88 Å². The van der Waals surface area contributed by atoms with Gasteiger partial charge in [-0.05, 0) is 38.0 Å². The minimum absolute atomic E-state index is 0.316. The molecule has 1 N–H and O–H groups in total. The van der Waals surface area contributed by atoms with E-state index in [-0.39, 0.29) is 0 Å². The highest BCUT2D eigenvalue weighted by Gasteiger charge is 2.25. The van der Waals surface area contributed by atoms with Crippen LogP contribution in [0, 0.1) is 5.92 Å². The van der Waals surface area contributed by atoms with E-state index < -0.39 is 10.8 Å². The summed E-state index contributed by atoms with van der Waals surface area (Å²) in [6, 6.07) is 0.332. The van der Waals surface area contributed by atoms with Crippen LogP contribution in [-0.2, 0) is 10.8 Å². The number of ether oxygens (including phenoxy) is 1. The molecule has 3 unspecified atom stereocenters. The van der Waals surface area contributed by atoms with E-state index in [0.717, 1.165) is 43.9 Å². The Morgan fingerprint density at radius 1 is 1.21 bits per heavy atom. The summed E-state index contributed by atoms with van der Waals surface area (Å²) < 4.78 is 17.9. The molecule has 1 aromatic rings. The molecule has 3 atom stereocenters. The van der Waals surface area contributed by atoms with Gasteiger partial charge in [0.1, 0.15) is 5.82 Å². The van der Waals surface area contributed by atoms with Crippen molar-refractivity contribution in [3.8, 4) is 5.88 Å². The van der Waals surface area contributed by atoms with Gasteiger partial charge in [0.15, 0.2) is 0 Å². The van der Waals surface area contributed by atoms with E-state index in [1.807, 2.05) is 6.92 Å². The molecule has 5 nitrogen and oxygen atoms in total. The molecule has 2 saturated carbocycles. The van der Waals surface area contributed by atoms with Crippen LogP contribution in [0.5, 0.6) is 5.88 Å². The highest BCUT2D eigenvalue weighted by atomic mass is 32.2.